The molecule has 3 N–H and O–H groups in total. The summed E-state index contributed by atoms with van der Waals surface area (Å²) >= 11 is 0. The summed E-state index contributed by atoms with van der Waals surface area (Å²) in [5.41, 5.74) is 3.53. The topological polar surface area (TPSA) is 126 Å². The largest absolute Gasteiger partial charge is 0.323 e. The van der Waals surface area contributed by atoms with Gasteiger partial charge in [0.2, 0.25) is 5.95 Å². The predicted molar refractivity (Wildman–Crippen MR) is 128 cm³/mol. The second-order valence-corrected chi connectivity index (χ2v) is 10.1. The molecule has 0 spiro atoms. The first-order chi connectivity index (χ1) is 16.1. The molecule has 0 unspecified atom stereocenters. The lowest BCUT2D eigenvalue weighted by molar-refractivity contribution is 0.494. The summed E-state index contributed by atoms with van der Waals surface area (Å²) in [6.07, 6.45) is 11.9. The third kappa shape index (κ3) is 4.76. The van der Waals surface area contributed by atoms with Gasteiger partial charge in [-0.2, -0.15) is 5.10 Å². The maximum atomic E-state index is 12.8. The van der Waals surface area contributed by atoms with E-state index in [1.54, 1.807) is 24.7 Å². The number of nitrogens with one attached hydrogen (secondary N) is 3. The highest BCUT2D eigenvalue weighted by Gasteiger charge is 2.29. The third-order valence-corrected chi connectivity index (χ3v) is 7.79. The number of aromatic nitrogens is 5. The molecule has 1 aromatic carbocycles. The van der Waals surface area contributed by atoms with Crippen LogP contribution in [0.25, 0.3) is 23.1 Å². The fourth-order valence-electron chi connectivity index (χ4n) is 3.77. The van der Waals surface area contributed by atoms with Crippen LogP contribution in [-0.2, 0) is 9.84 Å². The average Bonchev–Trinajstić information content (AvgIpc) is 3.33. The summed E-state index contributed by atoms with van der Waals surface area (Å²) in [5, 5.41) is 14.0. The molecular formula is C23H23N7O2S. The van der Waals surface area contributed by atoms with Crippen molar-refractivity contribution in [2.75, 3.05) is 18.4 Å². The van der Waals surface area contributed by atoms with Crippen LogP contribution in [0.4, 0.5) is 11.6 Å². The van der Waals surface area contributed by atoms with Gasteiger partial charge in [-0.1, -0.05) is 18.2 Å². The first-order valence-corrected chi connectivity index (χ1v) is 12.2. The highest BCUT2D eigenvalue weighted by atomic mass is 32.2. The van der Waals surface area contributed by atoms with Crippen LogP contribution in [0.15, 0.2) is 60.1 Å². The monoisotopic (exact) mass is 461 g/mol. The lowest BCUT2D eigenvalue weighted by Crippen LogP contribution is -2.36. The molecule has 3 aromatic heterocycles. The van der Waals surface area contributed by atoms with Crippen molar-refractivity contribution in [2.45, 2.75) is 23.1 Å². The van der Waals surface area contributed by atoms with Crippen molar-refractivity contribution in [1.82, 2.24) is 30.5 Å². The van der Waals surface area contributed by atoms with Gasteiger partial charge in [0.1, 0.15) is 0 Å². The first-order valence-electron chi connectivity index (χ1n) is 10.7. The van der Waals surface area contributed by atoms with Gasteiger partial charge in [0.15, 0.2) is 14.9 Å². The molecule has 1 aliphatic rings. The fraction of sp³-hybridized carbons (Fsp3) is 0.217. The van der Waals surface area contributed by atoms with E-state index in [0.29, 0.717) is 37.6 Å². The smallest absolute Gasteiger partial charge is 0.227 e. The SMILES string of the molecule is O=S(=O)(c1ccc(Nc2ncc(/C=C/c3ccc4[nH]ncc4c3)cn2)cn1)C1CCNCC1. The summed E-state index contributed by atoms with van der Waals surface area (Å²) < 4.78 is 25.5. The number of nitrogens with zero attached hydrogens (tertiary/aromatic N) is 4. The number of hydrogen-bond donors (Lipinski definition) is 3. The van der Waals surface area contributed by atoms with Crippen LogP contribution in [-0.4, -0.2) is 51.9 Å². The number of fused-ring (bicyclic) bond motifs is 1. The molecule has 0 atom stereocenters. The van der Waals surface area contributed by atoms with Crippen molar-refractivity contribution in [3.05, 3.63) is 66.2 Å². The van der Waals surface area contributed by atoms with E-state index in [-0.39, 0.29) is 10.3 Å². The summed E-state index contributed by atoms with van der Waals surface area (Å²) in [6, 6.07) is 9.27. The minimum Gasteiger partial charge on any atom is -0.323 e. The lowest BCUT2D eigenvalue weighted by Gasteiger charge is -2.22. The van der Waals surface area contributed by atoms with Crippen molar-refractivity contribution in [1.29, 1.82) is 0 Å². The minimum absolute atomic E-state index is 0.106. The van der Waals surface area contributed by atoms with Crippen LogP contribution >= 0.6 is 0 Å². The number of sulfone groups is 1. The van der Waals surface area contributed by atoms with Crippen LogP contribution in [0, 0.1) is 0 Å². The van der Waals surface area contributed by atoms with E-state index in [2.05, 4.69) is 35.8 Å². The zero-order chi connectivity index (χ0) is 22.7. The molecule has 0 saturated carbocycles. The molecule has 4 heterocycles. The Balaban J connectivity index is 1.23. The normalized spacial score (nSPS) is 15.3. The Labute approximate surface area is 191 Å². The summed E-state index contributed by atoms with van der Waals surface area (Å²) in [5.74, 6) is 0.405. The molecule has 0 bridgehead atoms. The second-order valence-electron chi connectivity index (χ2n) is 7.89. The number of benzene rings is 1. The fourth-order valence-corrected chi connectivity index (χ4v) is 5.43. The van der Waals surface area contributed by atoms with Crippen LogP contribution in [0.5, 0.6) is 0 Å². The second kappa shape index (κ2) is 9.08. The highest BCUT2D eigenvalue weighted by molar-refractivity contribution is 7.92. The summed E-state index contributed by atoms with van der Waals surface area (Å²) in [6.45, 7) is 1.43. The van der Waals surface area contributed by atoms with Gasteiger partial charge in [-0.15, -0.1) is 0 Å². The van der Waals surface area contributed by atoms with Crippen molar-refractivity contribution >= 4 is 44.5 Å². The molecule has 1 aliphatic heterocycles. The Morgan fingerprint density at radius 3 is 2.45 bits per heavy atom. The third-order valence-electron chi connectivity index (χ3n) is 5.61. The molecule has 10 heteroatoms. The van der Waals surface area contributed by atoms with E-state index in [1.807, 2.05) is 30.4 Å². The van der Waals surface area contributed by atoms with Gasteiger partial charge in [-0.3, -0.25) is 5.10 Å². The maximum absolute atomic E-state index is 12.8. The average molecular weight is 462 g/mol. The van der Waals surface area contributed by atoms with Gasteiger partial charge >= 0.3 is 0 Å². The number of H-pyrrole nitrogens is 1. The minimum atomic E-state index is -3.42. The number of aromatic amines is 1. The number of hydrogen-bond acceptors (Lipinski definition) is 8. The number of piperidine rings is 1. The van der Waals surface area contributed by atoms with E-state index in [9.17, 15) is 8.42 Å². The van der Waals surface area contributed by atoms with Crippen LogP contribution in [0.3, 0.4) is 0 Å². The molecule has 0 aliphatic carbocycles. The zero-order valence-corrected chi connectivity index (χ0v) is 18.6. The molecule has 0 amide bonds. The Morgan fingerprint density at radius 2 is 1.70 bits per heavy atom. The van der Waals surface area contributed by atoms with Crippen LogP contribution < -0.4 is 10.6 Å². The van der Waals surface area contributed by atoms with E-state index < -0.39 is 9.84 Å². The molecule has 1 fully saturated rings. The van der Waals surface area contributed by atoms with Gasteiger partial charge in [-0.05, 0) is 55.8 Å². The molecule has 168 valence electrons. The molecular weight excluding hydrogens is 438 g/mol. The molecule has 33 heavy (non-hydrogen) atoms. The van der Waals surface area contributed by atoms with Crippen molar-refractivity contribution in [2.24, 2.45) is 0 Å². The lowest BCUT2D eigenvalue weighted by atomic mass is 10.1. The van der Waals surface area contributed by atoms with Crippen molar-refractivity contribution in [3.8, 4) is 0 Å². The number of rotatable bonds is 6. The molecule has 4 aromatic rings. The van der Waals surface area contributed by atoms with Gasteiger partial charge in [0, 0.05) is 23.3 Å². The molecule has 9 nitrogen and oxygen atoms in total. The van der Waals surface area contributed by atoms with Gasteiger partial charge in [0.05, 0.1) is 28.8 Å². The maximum Gasteiger partial charge on any atom is 0.227 e. The molecule has 0 radical (unpaired) electrons. The van der Waals surface area contributed by atoms with Gasteiger partial charge in [0.25, 0.3) is 0 Å². The standard InChI is InChI=1S/C23H23N7O2S/c31-33(32,20-7-9-24-10-8-20)22-6-4-19(15-25-22)29-23-26-12-17(13-27-23)2-1-16-3-5-21-18(11-16)14-28-30-21/h1-6,11-15,20,24H,7-10H2,(H,28,30)(H,26,27,29)/b2-1+. The van der Waals surface area contributed by atoms with Crippen LogP contribution in [0.2, 0.25) is 0 Å². The summed E-state index contributed by atoms with van der Waals surface area (Å²) in [7, 11) is -3.42. The Hall–Kier alpha value is -3.63. The molecule has 5 rings (SSSR count). The van der Waals surface area contributed by atoms with E-state index in [4.69, 9.17) is 0 Å². The zero-order valence-electron chi connectivity index (χ0n) is 17.8. The first kappa shape index (κ1) is 21.2. The van der Waals surface area contributed by atoms with Crippen molar-refractivity contribution in [3.63, 3.8) is 0 Å². The Bertz CT molecular complexity index is 1370. The predicted octanol–water partition coefficient (Wildman–Crippen LogP) is 3.19. The van der Waals surface area contributed by atoms with Gasteiger partial charge in [-0.25, -0.2) is 23.4 Å². The number of pyridine rings is 1. The highest BCUT2D eigenvalue weighted by Crippen LogP contribution is 2.22. The van der Waals surface area contributed by atoms with Crippen LogP contribution in [0.1, 0.15) is 24.0 Å². The van der Waals surface area contributed by atoms with Crippen molar-refractivity contribution < 1.29 is 8.42 Å². The summed E-state index contributed by atoms with van der Waals surface area (Å²) in [4.78, 5) is 12.8. The Morgan fingerprint density at radius 1 is 0.909 bits per heavy atom. The Kier molecular flexibility index (Phi) is 5.84. The quantitative estimate of drug-likeness (QED) is 0.400. The number of anilines is 2. The van der Waals surface area contributed by atoms with Gasteiger partial charge < -0.3 is 10.6 Å². The van der Waals surface area contributed by atoms with E-state index in [1.165, 1.54) is 12.3 Å². The van der Waals surface area contributed by atoms with E-state index >= 15 is 0 Å². The molecule has 1 saturated heterocycles. The van der Waals surface area contributed by atoms with E-state index in [0.717, 1.165) is 22.0 Å².